The highest BCUT2D eigenvalue weighted by Crippen LogP contribution is 2.51. The molecule has 2 heterocycles. The van der Waals surface area contributed by atoms with Gasteiger partial charge in [0.2, 0.25) is 0 Å². The summed E-state index contributed by atoms with van der Waals surface area (Å²) in [5.41, 5.74) is 11.1. The highest BCUT2D eigenvalue weighted by molar-refractivity contribution is 5.69. The Kier molecular flexibility index (Phi) is 5.71. The van der Waals surface area contributed by atoms with Crippen molar-refractivity contribution >= 4 is 5.97 Å². The molecule has 0 bridgehead atoms. The van der Waals surface area contributed by atoms with E-state index in [-0.39, 0.29) is 36.4 Å². The standard InChI is InChI=1S/C20H25N3O5/c1-25-16(24)9-8-12-5-4-6-13-18-14(28-20(12)13)11-15(19(18)22-23-21)27-17-7-2-3-10-26-17/h4-6,14-15,17-19H,2-3,7-11H2,1H3. The molecule has 2 fully saturated rings. The second-order valence-corrected chi connectivity index (χ2v) is 7.50. The number of carbonyl (C=O) groups is 1. The predicted octanol–water partition coefficient (Wildman–Crippen LogP) is 3.63. The molecule has 1 saturated carbocycles. The molecule has 0 N–H and O–H groups in total. The average Bonchev–Trinajstić information content (AvgIpc) is 3.24. The minimum absolute atomic E-state index is 0.0439. The van der Waals surface area contributed by atoms with E-state index < -0.39 is 0 Å². The number of benzene rings is 1. The number of hydrogen-bond donors (Lipinski definition) is 0. The molecular weight excluding hydrogens is 362 g/mol. The molecule has 0 aromatic heterocycles. The van der Waals surface area contributed by atoms with Gasteiger partial charge in [-0.05, 0) is 36.8 Å². The molecule has 1 aromatic rings. The fourth-order valence-electron chi connectivity index (χ4n) is 4.53. The Bertz CT molecular complexity index is 773. The smallest absolute Gasteiger partial charge is 0.305 e. The molecule has 0 radical (unpaired) electrons. The zero-order valence-electron chi connectivity index (χ0n) is 16.0. The number of para-hydroxylation sites is 1. The lowest BCUT2D eigenvalue weighted by Gasteiger charge is -2.28. The summed E-state index contributed by atoms with van der Waals surface area (Å²) in [6, 6.07) is 5.61. The van der Waals surface area contributed by atoms with E-state index in [9.17, 15) is 4.79 Å². The summed E-state index contributed by atoms with van der Waals surface area (Å²) in [7, 11) is 1.39. The van der Waals surface area contributed by atoms with Crippen LogP contribution in [0.1, 0.15) is 49.1 Å². The summed E-state index contributed by atoms with van der Waals surface area (Å²) in [6.45, 7) is 0.708. The summed E-state index contributed by atoms with van der Waals surface area (Å²) >= 11 is 0. The van der Waals surface area contributed by atoms with Crippen molar-refractivity contribution < 1.29 is 23.7 Å². The van der Waals surface area contributed by atoms with E-state index in [1.54, 1.807) is 0 Å². The number of methoxy groups -OCH3 is 1. The van der Waals surface area contributed by atoms with E-state index in [2.05, 4.69) is 10.0 Å². The minimum Gasteiger partial charge on any atom is -0.489 e. The first-order chi connectivity index (χ1) is 13.7. The number of fused-ring (bicyclic) bond motifs is 3. The molecule has 0 spiro atoms. The molecular formula is C20H25N3O5. The van der Waals surface area contributed by atoms with E-state index >= 15 is 0 Å². The Morgan fingerprint density at radius 3 is 3.04 bits per heavy atom. The van der Waals surface area contributed by atoms with Gasteiger partial charge >= 0.3 is 5.97 Å². The molecule has 8 nitrogen and oxygen atoms in total. The number of ether oxygens (including phenoxy) is 4. The van der Waals surface area contributed by atoms with E-state index in [4.69, 9.17) is 24.5 Å². The fraction of sp³-hybridized carbons (Fsp3) is 0.650. The van der Waals surface area contributed by atoms with Crippen molar-refractivity contribution in [3.63, 3.8) is 0 Å². The van der Waals surface area contributed by atoms with E-state index in [0.717, 1.165) is 36.1 Å². The summed E-state index contributed by atoms with van der Waals surface area (Å²) in [5, 5.41) is 4.08. The molecule has 28 heavy (non-hydrogen) atoms. The van der Waals surface area contributed by atoms with Crippen molar-refractivity contribution in [3.8, 4) is 5.75 Å². The SMILES string of the molecule is COC(=O)CCc1cccc2c1OC1CC(OC3CCCCO3)C(N=[N+]=[N-])C21. The van der Waals surface area contributed by atoms with Crippen LogP contribution in [0.15, 0.2) is 23.3 Å². The lowest BCUT2D eigenvalue weighted by Crippen LogP contribution is -2.32. The van der Waals surface area contributed by atoms with Crippen molar-refractivity contribution in [2.75, 3.05) is 13.7 Å². The summed E-state index contributed by atoms with van der Waals surface area (Å²) in [6.07, 6.45) is 3.95. The Balaban J connectivity index is 1.54. The molecule has 8 heteroatoms. The van der Waals surface area contributed by atoms with Crippen LogP contribution in [-0.4, -0.2) is 44.2 Å². The van der Waals surface area contributed by atoms with Crippen LogP contribution in [0.2, 0.25) is 0 Å². The predicted molar refractivity (Wildman–Crippen MR) is 100.0 cm³/mol. The number of hydrogen-bond acceptors (Lipinski definition) is 6. The van der Waals surface area contributed by atoms with Gasteiger partial charge in [-0.3, -0.25) is 4.79 Å². The van der Waals surface area contributed by atoms with E-state index in [1.807, 2.05) is 18.2 Å². The molecule has 1 aliphatic carbocycles. The number of azide groups is 1. The molecule has 0 amide bonds. The third kappa shape index (κ3) is 3.68. The topological polar surface area (TPSA) is 103 Å². The van der Waals surface area contributed by atoms with Crippen LogP contribution in [-0.2, 0) is 25.4 Å². The van der Waals surface area contributed by atoms with Gasteiger partial charge in [-0.15, -0.1) is 0 Å². The lowest BCUT2D eigenvalue weighted by molar-refractivity contribution is -0.189. The molecule has 3 aliphatic rings. The maximum atomic E-state index is 11.5. The Hall–Kier alpha value is -2.28. The van der Waals surface area contributed by atoms with Crippen LogP contribution >= 0.6 is 0 Å². The summed E-state index contributed by atoms with van der Waals surface area (Å²) in [5.74, 6) is 0.521. The summed E-state index contributed by atoms with van der Waals surface area (Å²) in [4.78, 5) is 14.6. The minimum atomic E-state index is -0.336. The van der Waals surface area contributed by atoms with Crippen molar-refractivity contribution in [1.29, 1.82) is 0 Å². The van der Waals surface area contributed by atoms with Crippen molar-refractivity contribution in [3.05, 3.63) is 39.8 Å². The van der Waals surface area contributed by atoms with E-state index in [1.165, 1.54) is 7.11 Å². The van der Waals surface area contributed by atoms with Crippen LogP contribution in [0.5, 0.6) is 5.75 Å². The van der Waals surface area contributed by atoms with Gasteiger partial charge in [-0.2, -0.15) is 0 Å². The van der Waals surface area contributed by atoms with Crippen LogP contribution < -0.4 is 4.74 Å². The van der Waals surface area contributed by atoms with Gasteiger partial charge in [0.05, 0.1) is 19.3 Å². The Morgan fingerprint density at radius 2 is 2.29 bits per heavy atom. The Morgan fingerprint density at radius 1 is 1.39 bits per heavy atom. The largest absolute Gasteiger partial charge is 0.489 e. The second-order valence-electron chi connectivity index (χ2n) is 7.50. The monoisotopic (exact) mass is 387 g/mol. The van der Waals surface area contributed by atoms with Crippen molar-refractivity contribution in [2.45, 2.75) is 69.0 Å². The van der Waals surface area contributed by atoms with Gasteiger partial charge in [0, 0.05) is 35.8 Å². The number of rotatable bonds is 6. The normalized spacial score (nSPS) is 30.7. The van der Waals surface area contributed by atoms with Gasteiger partial charge in [0.15, 0.2) is 6.29 Å². The number of carbonyl (C=O) groups excluding carboxylic acids is 1. The number of nitrogens with zero attached hydrogens (tertiary/aromatic N) is 3. The van der Waals surface area contributed by atoms with Crippen LogP contribution in [0.4, 0.5) is 0 Å². The maximum Gasteiger partial charge on any atom is 0.305 e. The Labute approximate surface area is 163 Å². The molecule has 5 unspecified atom stereocenters. The van der Waals surface area contributed by atoms with Gasteiger partial charge in [0.25, 0.3) is 0 Å². The van der Waals surface area contributed by atoms with Gasteiger partial charge in [0.1, 0.15) is 11.9 Å². The highest BCUT2D eigenvalue weighted by Gasteiger charge is 2.51. The summed E-state index contributed by atoms with van der Waals surface area (Å²) < 4.78 is 22.9. The van der Waals surface area contributed by atoms with Crippen LogP contribution in [0.3, 0.4) is 0 Å². The first-order valence-corrected chi connectivity index (χ1v) is 9.87. The first-order valence-electron chi connectivity index (χ1n) is 9.87. The van der Waals surface area contributed by atoms with Gasteiger partial charge in [-0.25, -0.2) is 0 Å². The van der Waals surface area contributed by atoms with Crippen LogP contribution in [0.25, 0.3) is 10.4 Å². The number of aryl methyl sites for hydroxylation is 1. The maximum absolute atomic E-state index is 11.5. The number of esters is 1. The van der Waals surface area contributed by atoms with Crippen LogP contribution in [0, 0.1) is 0 Å². The second kappa shape index (κ2) is 8.39. The molecule has 1 saturated heterocycles. The zero-order chi connectivity index (χ0) is 19.5. The average molecular weight is 387 g/mol. The van der Waals surface area contributed by atoms with Gasteiger partial charge < -0.3 is 18.9 Å². The van der Waals surface area contributed by atoms with E-state index in [0.29, 0.717) is 25.9 Å². The van der Waals surface area contributed by atoms with Crippen molar-refractivity contribution in [1.82, 2.24) is 0 Å². The van der Waals surface area contributed by atoms with Crippen molar-refractivity contribution in [2.24, 2.45) is 5.11 Å². The molecule has 4 rings (SSSR count). The third-order valence-electron chi connectivity index (χ3n) is 5.84. The first kappa shape index (κ1) is 19.1. The molecule has 1 aromatic carbocycles. The quantitative estimate of drug-likeness (QED) is 0.321. The third-order valence-corrected chi connectivity index (χ3v) is 5.84. The fourth-order valence-corrected chi connectivity index (χ4v) is 4.53. The van der Waals surface area contributed by atoms with Gasteiger partial charge in [-0.1, -0.05) is 23.3 Å². The molecule has 2 aliphatic heterocycles. The molecule has 5 atom stereocenters. The molecule has 150 valence electrons. The zero-order valence-corrected chi connectivity index (χ0v) is 16.0. The lowest BCUT2D eigenvalue weighted by atomic mass is 9.92. The highest BCUT2D eigenvalue weighted by atomic mass is 16.7.